The van der Waals surface area contributed by atoms with Crippen LogP contribution in [0.5, 0.6) is 0 Å². The van der Waals surface area contributed by atoms with Gasteiger partial charge in [0.05, 0.1) is 6.10 Å². The molecule has 5 heteroatoms. The van der Waals surface area contributed by atoms with Crippen molar-refractivity contribution in [2.24, 2.45) is 7.05 Å². The van der Waals surface area contributed by atoms with Crippen LogP contribution in [0.1, 0.15) is 23.2 Å². The fraction of sp³-hybridized carbons (Fsp3) is 0.364. The van der Waals surface area contributed by atoms with Gasteiger partial charge >= 0.3 is 0 Å². The summed E-state index contributed by atoms with van der Waals surface area (Å²) in [5, 5.41) is 14.0. The molecule has 5 nitrogen and oxygen atoms in total. The van der Waals surface area contributed by atoms with Crippen LogP contribution in [-0.2, 0) is 13.5 Å². The molecule has 0 saturated heterocycles. The highest BCUT2D eigenvalue weighted by molar-refractivity contribution is 5.21. The smallest absolute Gasteiger partial charge is 0.138 e. The molecule has 2 aromatic heterocycles. The second-order valence-electron chi connectivity index (χ2n) is 3.70. The Kier molecular flexibility index (Phi) is 2.96. The highest BCUT2D eigenvalue weighted by Crippen LogP contribution is 2.18. The summed E-state index contributed by atoms with van der Waals surface area (Å²) in [5.74, 6) is 0.760. The molecule has 0 radical (unpaired) electrons. The number of hydrogen-bond donors (Lipinski definition) is 1. The summed E-state index contributed by atoms with van der Waals surface area (Å²) in [5.41, 5.74) is 1.68. The molecule has 2 aromatic rings. The molecule has 0 fully saturated rings. The third-order valence-corrected chi connectivity index (χ3v) is 2.59. The number of aromatic nitrogens is 4. The molecule has 2 heterocycles. The van der Waals surface area contributed by atoms with E-state index in [0.29, 0.717) is 6.42 Å². The molecule has 84 valence electrons. The third-order valence-electron chi connectivity index (χ3n) is 2.59. The minimum atomic E-state index is -0.586. The van der Waals surface area contributed by atoms with Crippen LogP contribution in [0.3, 0.4) is 0 Å². The second-order valence-corrected chi connectivity index (χ2v) is 3.70. The molecule has 0 aliphatic heterocycles. The standard InChI is InChI=1S/C11H14N4O/c1-8-9(4-3-5-12-8)10(16)6-11-13-7-14-15(11)2/h3-5,7,10,16H,6H2,1-2H3. The molecule has 0 amide bonds. The molecule has 0 bridgehead atoms. The maximum atomic E-state index is 10.1. The van der Waals surface area contributed by atoms with Crippen molar-refractivity contribution in [3.05, 3.63) is 41.7 Å². The number of aliphatic hydroxyl groups excluding tert-OH is 1. The van der Waals surface area contributed by atoms with Gasteiger partial charge in [-0.05, 0) is 13.0 Å². The van der Waals surface area contributed by atoms with Gasteiger partial charge in [0.1, 0.15) is 12.2 Å². The zero-order valence-corrected chi connectivity index (χ0v) is 9.33. The van der Waals surface area contributed by atoms with E-state index < -0.39 is 6.10 Å². The zero-order chi connectivity index (χ0) is 11.5. The van der Waals surface area contributed by atoms with E-state index in [0.717, 1.165) is 17.1 Å². The molecule has 0 aliphatic carbocycles. The maximum absolute atomic E-state index is 10.1. The third kappa shape index (κ3) is 2.09. The first kappa shape index (κ1) is 10.8. The molecular weight excluding hydrogens is 204 g/mol. The van der Waals surface area contributed by atoms with Gasteiger partial charge in [-0.2, -0.15) is 5.10 Å². The van der Waals surface area contributed by atoms with Crippen molar-refractivity contribution in [1.29, 1.82) is 0 Å². The Morgan fingerprint density at radius 3 is 2.88 bits per heavy atom. The summed E-state index contributed by atoms with van der Waals surface area (Å²) >= 11 is 0. The van der Waals surface area contributed by atoms with Crippen LogP contribution < -0.4 is 0 Å². The van der Waals surface area contributed by atoms with E-state index in [4.69, 9.17) is 0 Å². The minimum absolute atomic E-state index is 0.447. The lowest BCUT2D eigenvalue weighted by molar-refractivity contribution is 0.173. The van der Waals surface area contributed by atoms with Gasteiger partial charge in [-0.1, -0.05) is 6.07 Å². The Morgan fingerprint density at radius 1 is 1.44 bits per heavy atom. The van der Waals surface area contributed by atoms with E-state index in [2.05, 4.69) is 15.1 Å². The van der Waals surface area contributed by atoms with Crippen molar-refractivity contribution in [2.45, 2.75) is 19.4 Å². The first-order chi connectivity index (χ1) is 7.68. The highest BCUT2D eigenvalue weighted by atomic mass is 16.3. The normalized spacial score (nSPS) is 12.7. The van der Waals surface area contributed by atoms with Crippen molar-refractivity contribution < 1.29 is 5.11 Å². The van der Waals surface area contributed by atoms with Gasteiger partial charge in [0.2, 0.25) is 0 Å². The van der Waals surface area contributed by atoms with Crippen molar-refractivity contribution in [3.8, 4) is 0 Å². The molecule has 1 N–H and O–H groups in total. The Balaban J connectivity index is 2.18. The monoisotopic (exact) mass is 218 g/mol. The van der Waals surface area contributed by atoms with E-state index in [9.17, 15) is 5.11 Å². The Bertz CT molecular complexity index is 480. The van der Waals surface area contributed by atoms with Crippen LogP contribution in [0.2, 0.25) is 0 Å². The fourth-order valence-corrected chi connectivity index (χ4v) is 1.64. The zero-order valence-electron chi connectivity index (χ0n) is 9.33. The maximum Gasteiger partial charge on any atom is 0.138 e. The van der Waals surface area contributed by atoms with E-state index in [1.165, 1.54) is 6.33 Å². The summed E-state index contributed by atoms with van der Waals surface area (Å²) in [6.07, 6.45) is 3.06. The van der Waals surface area contributed by atoms with Gasteiger partial charge in [0.25, 0.3) is 0 Å². The molecule has 1 unspecified atom stereocenters. The Hall–Kier alpha value is -1.75. The molecule has 0 saturated carbocycles. The average molecular weight is 218 g/mol. The Labute approximate surface area is 93.8 Å². The quantitative estimate of drug-likeness (QED) is 0.827. The van der Waals surface area contributed by atoms with E-state index in [1.54, 1.807) is 10.9 Å². The highest BCUT2D eigenvalue weighted by Gasteiger charge is 2.14. The van der Waals surface area contributed by atoms with Crippen LogP contribution in [0.4, 0.5) is 0 Å². The molecule has 0 aliphatic rings. The summed E-state index contributed by atoms with van der Waals surface area (Å²) in [7, 11) is 1.81. The summed E-state index contributed by atoms with van der Waals surface area (Å²) < 4.78 is 1.66. The van der Waals surface area contributed by atoms with Crippen LogP contribution in [0.15, 0.2) is 24.7 Å². The predicted molar refractivity (Wildman–Crippen MR) is 58.6 cm³/mol. The summed E-state index contributed by atoms with van der Waals surface area (Å²) in [6.45, 7) is 1.88. The van der Waals surface area contributed by atoms with Gasteiger partial charge in [0.15, 0.2) is 0 Å². The lowest BCUT2D eigenvalue weighted by Crippen LogP contribution is -2.09. The van der Waals surface area contributed by atoms with Crippen LogP contribution in [0.25, 0.3) is 0 Å². The SMILES string of the molecule is Cc1ncccc1C(O)Cc1ncnn1C. The van der Waals surface area contributed by atoms with Gasteiger partial charge in [-0.3, -0.25) is 9.67 Å². The summed E-state index contributed by atoms with van der Waals surface area (Å²) in [4.78, 5) is 8.23. The van der Waals surface area contributed by atoms with Crippen LogP contribution in [0, 0.1) is 6.92 Å². The van der Waals surface area contributed by atoms with E-state index in [-0.39, 0.29) is 0 Å². The van der Waals surface area contributed by atoms with Crippen LogP contribution in [-0.4, -0.2) is 24.9 Å². The lowest BCUT2D eigenvalue weighted by atomic mass is 10.1. The second kappa shape index (κ2) is 4.40. The molecule has 16 heavy (non-hydrogen) atoms. The van der Waals surface area contributed by atoms with E-state index >= 15 is 0 Å². The molecule has 0 aromatic carbocycles. The number of nitrogens with zero attached hydrogens (tertiary/aromatic N) is 4. The van der Waals surface area contributed by atoms with Crippen molar-refractivity contribution in [3.63, 3.8) is 0 Å². The number of aryl methyl sites for hydroxylation is 2. The minimum Gasteiger partial charge on any atom is -0.388 e. The van der Waals surface area contributed by atoms with Gasteiger partial charge in [-0.25, -0.2) is 4.98 Å². The number of pyridine rings is 1. The first-order valence-electron chi connectivity index (χ1n) is 5.11. The molecule has 0 spiro atoms. The predicted octanol–water partition coefficient (Wildman–Crippen LogP) is 0.795. The Morgan fingerprint density at radius 2 is 2.25 bits per heavy atom. The van der Waals surface area contributed by atoms with Crippen molar-refractivity contribution in [2.75, 3.05) is 0 Å². The number of rotatable bonds is 3. The van der Waals surface area contributed by atoms with Crippen molar-refractivity contribution >= 4 is 0 Å². The fourth-order valence-electron chi connectivity index (χ4n) is 1.64. The topological polar surface area (TPSA) is 63.8 Å². The first-order valence-corrected chi connectivity index (χ1v) is 5.11. The largest absolute Gasteiger partial charge is 0.388 e. The molecular formula is C11H14N4O. The summed E-state index contributed by atoms with van der Waals surface area (Å²) in [6, 6.07) is 3.70. The van der Waals surface area contributed by atoms with Gasteiger partial charge in [-0.15, -0.1) is 0 Å². The molecule has 1 atom stereocenters. The van der Waals surface area contributed by atoms with Crippen LogP contribution >= 0.6 is 0 Å². The molecule has 2 rings (SSSR count). The average Bonchev–Trinajstić information content (AvgIpc) is 2.65. The van der Waals surface area contributed by atoms with E-state index in [1.807, 2.05) is 26.1 Å². The van der Waals surface area contributed by atoms with Crippen molar-refractivity contribution in [1.82, 2.24) is 19.7 Å². The lowest BCUT2D eigenvalue weighted by Gasteiger charge is -2.11. The number of hydrogen-bond acceptors (Lipinski definition) is 4. The van der Waals surface area contributed by atoms with Gasteiger partial charge < -0.3 is 5.11 Å². The number of aliphatic hydroxyl groups is 1. The van der Waals surface area contributed by atoms with Gasteiger partial charge in [0, 0.05) is 30.9 Å².